The van der Waals surface area contributed by atoms with Crippen LogP contribution < -0.4 is 10.3 Å². The minimum absolute atomic E-state index is 0.0201. The molecule has 0 aromatic carbocycles. The summed E-state index contributed by atoms with van der Waals surface area (Å²) >= 11 is 0. The largest absolute Gasteiger partial charge is 0.726 e. The Morgan fingerprint density at radius 1 is 1.25 bits per heavy atom. The number of nitrogens with zero attached hydrogens (tertiary/aromatic N) is 1. The number of aryl methyl sites for hydroxylation is 1. The van der Waals surface area contributed by atoms with E-state index < -0.39 is 10.4 Å². The molecule has 1 rings (SSSR count). The Bertz CT molecular complexity index is 585. The molecular weight excluding hydrogens is 284 g/mol. The first-order valence-corrected chi connectivity index (χ1v) is 7.78. The van der Waals surface area contributed by atoms with Crippen molar-refractivity contribution in [2.45, 2.75) is 53.5 Å². The lowest BCUT2D eigenvalue weighted by Gasteiger charge is -2.08. The van der Waals surface area contributed by atoms with Crippen LogP contribution in [-0.2, 0) is 23.4 Å². The fraction of sp³-hybridized carbons (Fsp3) is 0.667. The maximum absolute atomic E-state index is 11.7. The van der Waals surface area contributed by atoms with Crippen molar-refractivity contribution in [3.8, 4) is 0 Å². The van der Waals surface area contributed by atoms with E-state index in [-0.39, 0.29) is 5.69 Å². The van der Waals surface area contributed by atoms with E-state index in [0.29, 0.717) is 0 Å². The number of rotatable bonds is 4. The molecule has 0 atom stereocenters. The van der Waals surface area contributed by atoms with E-state index in [1.165, 1.54) is 5.56 Å². The third-order valence-electron chi connectivity index (χ3n) is 2.78. The predicted molar refractivity (Wildman–Crippen MR) is 73.3 cm³/mol. The lowest BCUT2D eigenvalue weighted by atomic mass is 10.1. The number of aromatic nitrogens is 2. The molecule has 0 bridgehead atoms. The van der Waals surface area contributed by atoms with Gasteiger partial charge in [-0.2, -0.15) is 9.36 Å². The Morgan fingerprint density at radius 3 is 2.15 bits per heavy atom. The van der Waals surface area contributed by atoms with Gasteiger partial charge in [0, 0.05) is 5.56 Å². The third kappa shape index (κ3) is 6.78. The Kier molecular flexibility index (Phi) is 7.62. The van der Waals surface area contributed by atoms with Gasteiger partial charge in [-0.15, -0.1) is 0 Å². The van der Waals surface area contributed by atoms with Crippen LogP contribution >= 0.6 is 0 Å². The molecule has 1 heterocycles. The topological polar surface area (TPSA) is 114 Å². The fourth-order valence-corrected chi connectivity index (χ4v) is 2.00. The first-order chi connectivity index (χ1) is 9.11. The van der Waals surface area contributed by atoms with E-state index in [1.807, 2.05) is 18.4 Å². The van der Waals surface area contributed by atoms with Gasteiger partial charge in [-0.25, -0.2) is 13.4 Å². The van der Waals surface area contributed by atoms with Gasteiger partial charge in [0.05, 0.1) is 6.54 Å². The molecule has 0 fully saturated rings. The van der Waals surface area contributed by atoms with E-state index in [0.717, 1.165) is 37.2 Å². The zero-order valence-electron chi connectivity index (χ0n) is 12.3. The van der Waals surface area contributed by atoms with Gasteiger partial charge in [0.25, 0.3) is 0 Å². The summed E-state index contributed by atoms with van der Waals surface area (Å²) in [7, 11) is -4.92. The molecule has 0 saturated carbocycles. The zero-order valence-corrected chi connectivity index (χ0v) is 13.1. The van der Waals surface area contributed by atoms with Gasteiger partial charge < -0.3 is 4.55 Å². The molecule has 0 aliphatic carbocycles. The first kappa shape index (κ1) is 18.8. The Hall–Kier alpha value is -1.25. The van der Waals surface area contributed by atoms with Crippen LogP contribution in [0.5, 0.6) is 0 Å². The predicted octanol–water partition coefficient (Wildman–Crippen LogP) is 0.646. The Labute approximate surface area is 119 Å². The highest BCUT2D eigenvalue weighted by Crippen LogP contribution is 2.08. The van der Waals surface area contributed by atoms with Crippen LogP contribution in [0.15, 0.2) is 4.79 Å². The summed E-state index contributed by atoms with van der Waals surface area (Å²) in [6, 6.07) is 0. The van der Waals surface area contributed by atoms with E-state index in [9.17, 15) is 4.79 Å². The summed E-state index contributed by atoms with van der Waals surface area (Å²) in [4.78, 5) is 14.6. The van der Waals surface area contributed by atoms with Crippen molar-refractivity contribution in [1.29, 1.82) is 0 Å². The van der Waals surface area contributed by atoms with Crippen LogP contribution in [0.1, 0.15) is 43.6 Å². The molecule has 0 unspecified atom stereocenters. The normalized spacial score (nSPS) is 10.9. The van der Waals surface area contributed by atoms with Gasteiger partial charge in [0.15, 0.2) is 0 Å². The smallest absolute Gasteiger partial charge is 0.496 e. The fourth-order valence-electron chi connectivity index (χ4n) is 2.00. The minimum atomic E-state index is -4.92. The van der Waals surface area contributed by atoms with Crippen molar-refractivity contribution in [3.05, 3.63) is 27.4 Å². The first-order valence-electron chi connectivity index (χ1n) is 6.42. The highest BCUT2D eigenvalue weighted by atomic mass is 32.3. The molecule has 0 spiro atoms. The summed E-state index contributed by atoms with van der Waals surface area (Å²) in [5.41, 5.74) is 3.46. The summed E-state index contributed by atoms with van der Waals surface area (Å²) in [5, 5.41) is 0. The second kappa shape index (κ2) is 8.13. The molecular formula is C12H22N2O5S. The van der Waals surface area contributed by atoms with E-state index in [2.05, 4.69) is 18.8 Å². The number of aromatic amines is 1. The molecule has 0 radical (unpaired) electrons. The summed E-state index contributed by atoms with van der Waals surface area (Å²) < 4.78 is 34.7. The molecule has 0 saturated heterocycles. The van der Waals surface area contributed by atoms with Crippen LogP contribution in [0.25, 0.3) is 0 Å². The molecule has 20 heavy (non-hydrogen) atoms. The average Bonchev–Trinajstić information content (AvgIpc) is 2.28. The summed E-state index contributed by atoms with van der Waals surface area (Å²) in [6.45, 7) is 9.08. The lowest BCUT2D eigenvalue weighted by molar-refractivity contribution is -0.720. The van der Waals surface area contributed by atoms with Crippen LogP contribution in [0.2, 0.25) is 0 Å². The van der Waals surface area contributed by atoms with Gasteiger partial charge in [-0.3, -0.25) is 4.55 Å². The Balaban J connectivity index is 0.000000621. The molecule has 1 aromatic heterocycles. The highest BCUT2D eigenvalue weighted by Gasteiger charge is 2.15. The van der Waals surface area contributed by atoms with Crippen LogP contribution in [-0.4, -0.2) is 22.5 Å². The number of hydrogen-bond donors (Lipinski definition) is 2. The number of H-pyrrole nitrogens is 1. The van der Waals surface area contributed by atoms with Gasteiger partial charge in [0.2, 0.25) is 10.4 Å². The maximum atomic E-state index is 11.7. The van der Waals surface area contributed by atoms with Crippen molar-refractivity contribution in [2.24, 2.45) is 0 Å². The van der Waals surface area contributed by atoms with Crippen molar-refractivity contribution in [1.82, 2.24) is 4.98 Å². The second-order valence-corrected chi connectivity index (χ2v) is 5.30. The molecule has 0 aliphatic rings. The molecule has 2 N–H and O–H groups in total. The molecule has 1 aromatic rings. The lowest BCUT2D eigenvalue weighted by Crippen LogP contribution is -2.54. The minimum Gasteiger partial charge on any atom is -0.726 e. The van der Waals surface area contributed by atoms with Crippen LogP contribution in [0, 0.1) is 13.8 Å². The summed E-state index contributed by atoms with van der Waals surface area (Å²) in [5.74, 6) is 0. The second-order valence-electron chi connectivity index (χ2n) is 4.45. The van der Waals surface area contributed by atoms with E-state index in [4.69, 9.17) is 17.5 Å². The standard InChI is InChI=1S/C12H20N2O.H2O4S/c1-5-7-11-9(3)13-12(15)14(8-6-2)10(11)4;1-5(2,3)4/h5-8H2,1-4H3;(H2,1,2,3,4). The SMILES string of the molecule is CCCc1c(C)[nH]c(=O)[n+](CCC)c1C.O=S(=O)([O-])O. The summed E-state index contributed by atoms with van der Waals surface area (Å²) in [6.07, 6.45) is 3.14. The van der Waals surface area contributed by atoms with Gasteiger partial charge in [-0.1, -0.05) is 20.3 Å². The van der Waals surface area contributed by atoms with Gasteiger partial charge in [0.1, 0.15) is 11.4 Å². The zero-order chi connectivity index (χ0) is 15.9. The molecule has 8 heteroatoms. The number of hydrogen-bond acceptors (Lipinski definition) is 4. The van der Waals surface area contributed by atoms with Crippen molar-refractivity contribution < 1.29 is 22.1 Å². The highest BCUT2D eigenvalue weighted by molar-refractivity contribution is 7.79. The van der Waals surface area contributed by atoms with Crippen molar-refractivity contribution in [2.75, 3.05) is 0 Å². The van der Waals surface area contributed by atoms with Crippen molar-refractivity contribution >= 4 is 10.4 Å². The van der Waals surface area contributed by atoms with Crippen molar-refractivity contribution in [3.63, 3.8) is 0 Å². The third-order valence-corrected chi connectivity index (χ3v) is 2.78. The molecule has 116 valence electrons. The molecule has 0 aliphatic heterocycles. The maximum Gasteiger partial charge on any atom is 0.496 e. The van der Waals surface area contributed by atoms with Crippen LogP contribution in [0.4, 0.5) is 0 Å². The van der Waals surface area contributed by atoms with E-state index in [1.54, 1.807) is 0 Å². The molecule has 0 amide bonds. The average molecular weight is 306 g/mol. The number of nitrogens with one attached hydrogen (secondary N) is 1. The van der Waals surface area contributed by atoms with Crippen LogP contribution in [0.3, 0.4) is 0 Å². The van der Waals surface area contributed by atoms with E-state index >= 15 is 0 Å². The Morgan fingerprint density at radius 2 is 1.75 bits per heavy atom. The molecule has 7 nitrogen and oxygen atoms in total. The van der Waals surface area contributed by atoms with Gasteiger partial charge >= 0.3 is 5.69 Å². The van der Waals surface area contributed by atoms with Gasteiger partial charge in [-0.05, 0) is 26.7 Å². The quantitative estimate of drug-likeness (QED) is 0.481. The monoisotopic (exact) mass is 306 g/mol.